The molecule has 2 rings (SSSR count). The van der Waals surface area contributed by atoms with E-state index in [-0.39, 0.29) is 11.8 Å². The van der Waals surface area contributed by atoms with Gasteiger partial charge in [0.25, 0.3) is 0 Å². The lowest BCUT2D eigenvalue weighted by molar-refractivity contribution is -0.120. The molecule has 1 aromatic heterocycles. The van der Waals surface area contributed by atoms with Crippen molar-refractivity contribution in [2.75, 3.05) is 23.3 Å². The van der Waals surface area contributed by atoms with Crippen molar-refractivity contribution < 1.29 is 4.79 Å². The van der Waals surface area contributed by atoms with E-state index < -0.39 is 0 Å². The van der Waals surface area contributed by atoms with Crippen molar-refractivity contribution in [3.63, 3.8) is 0 Å². The maximum absolute atomic E-state index is 12.5. The molecular formula is C21H31N3OS. The van der Waals surface area contributed by atoms with Crippen LogP contribution in [0.4, 0.5) is 10.8 Å². The summed E-state index contributed by atoms with van der Waals surface area (Å²) in [6.07, 6.45) is 4.06. The van der Waals surface area contributed by atoms with Crippen LogP contribution in [0, 0.1) is 5.92 Å². The van der Waals surface area contributed by atoms with E-state index in [0.717, 1.165) is 60.8 Å². The van der Waals surface area contributed by atoms with Crippen molar-refractivity contribution in [2.24, 2.45) is 5.92 Å². The number of rotatable bonds is 10. The highest BCUT2D eigenvalue weighted by Gasteiger charge is 2.16. The highest BCUT2D eigenvalue weighted by molar-refractivity contribution is 7.14. The molecule has 1 heterocycles. The topological polar surface area (TPSA) is 45.2 Å². The molecule has 1 unspecified atom stereocenters. The van der Waals surface area contributed by atoms with Gasteiger partial charge in [-0.25, -0.2) is 4.98 Å². The van der Waals surface area contributed by atoms with Crippen LogP contribution < -0.4 is 10.2 Å². The highest BCUT2D eigenvalue weighted by Crippen LogP contribution is 2.29. The van der Waals surface area contributed by atoms with Crippen molar-refractivity contribution in [1.82, 2.24) is 4.98 Å². The Labute approximate surface area is 161 Å². The van der Waals surface area contributed by atoms with Crippen LogP contribution in [-0.2, 0) is 4.79 Å². The molecule has 0 fully saturated rings. The number of nitrogens with zero attached hydrogens (tertiary/aromatic N) is 2. The van der Waals surface area contributed by atoms with Crippen LogP contribution >= 0.6 is 11.3 Å². The summed E-state index contributed by atoms with van der Waals surface area (Å²) in [6.45, 7) is 10.4. The number of benzene rings is 1. The molecule has 1 aromatic carbocycles. The monoisotopic (exact) mass is 373 g/mol. The van der Waals surface area contributed by atoms with Crippen LogP contribution in [0.25, 0.3) is 11.3 Å². The lowest BCUT2D eigenvalue weighted by Crippen LogP contribution is -2.22. The molecule has 1 atom stereocenters. The second kappa shape index (κ2) is 10.3. The Bertz CT molecular complexity index is 694. The highest BCUT2D eigenvalue weighted by atomic mass is 32.1. The molecule has 0 saturated carbocycles. The van der Waals surface area contributed by atoms with Gasteiger partial charge < -0.3 is 10.2 Å². The van der Waals surface area contributed by atoms with E-state index in [9.17, 15) is 4.79 Å². The first-order valence-corrected chi connectivity index (χ1v) is 10.6. The first-order chi connectivity index (χ1) is 12.6. The number of anilines is 2. The summed E-state index contributed by atoms with van der Waals surface area (Å²) < 4.78 is 0. The van der Waals surface area contributed by atoms with Gasteiger partial charge in [-0.2, -0.15) is 0 Å². The summed E-state index contributed by atoms with van der Waals surface area (Å²) >= 11 is 1.67. The van der Waals surface area contributed by atoms with Crippen LogP contribution in [-0.4, -0.2) is 24.0 Å². The standard InChI is InChI=1S/C21H31N3OS/c1-5-9-11-16(6-2)20(25)22-18-13-10-12-17(14-18)19-15-26-21(23-19)24(7-3)8-4/h10,12-16H,5-9,11H2,1-4H3,(H,22,25). The molecule has 0 spiro atoms. The van der Waals surface area contributed by atoms with Gasteiger partial charge in [-0.05, 0) is 38.8 Å². The molecule has 5 heteroatoms. The van der Waals surface area contributed by atoms with E-state index in [1.165, 1.54) is 0 Å². The van der Waals surface area contributed by atoms with Gasteiger partial charge in [0.1, 0.15) is 0 Å². The summed E-state index contributed by atoms with van der Waals surface area (Å²) in [5.74, 6) is 0.215. The third-order valence-corrected chi connectivity index (χ3v) is 5.62. The molecule has 0 aliphatic heterocycles. The number of hydrogen-bond acceptors (Lipinski definition) is 4. The fourth-order valence-corrected chi connectivity index (χ4v) is 3.97. The van der Waals surface area contributed by atoms with Crippen molar-refractivity contribution in [1.29, 1.82) is 0 Å². The van der Waals surface area contributed by atoms with Crippen LogP contribution in [0.15, 0.2) is 29.6 Å². The lowest BCUT2D eigenvalue weighted by Gasteiger charge is -2.16. The predicted octanol–water partition coefficient (Wildman–Crippen LogP) is 5.81. The fraction of sp³-hybridized carbons (Fsp3) is 0.524. The van der Waals surface area contributed by atoms with Crippen LogP contribution in [0.5, 0.6) is 0 Å². The van der Waals surface area contributed by atoms with E-state index in [1.807, 2.05) is 24.3 Å². The Hall–Kier alpha value is -1.88. The molecule has 26 heavy (non-hydrogen) atoms. The molecule has 1 amide bonds. The zero-order chi connectivity index (χ0) is 18.9. The second-order valence-corrected chi connectivity index (χ2v) is 7.34. The summed E-state index contributed by atoms with van der Waals surface area (Å²) in [4.78, 5) is 19.6. The summed E-state index contributed by atoms with van der Waals surface area (Å²) in [6, 6.07) is 8.00. The van der Waals surface area contributed by atoms with Gasteiger partial charge in [-0.3, -0.25) is 4.79 Å². The average Bonchev–Trinajstić information content (AvgIpc) is 3.13. The number of carbonyl (C=O) groups is 1. The summed E-state index contributed by atoms with van der Waals surface area (Å²) in [5.41, 5.74) is 2.85. The van der Waals surface area contributed by atoms with Crippen molar-refractivity contribution >= 4 is 28.1 Å². The maximum Gasteiger partial charge on any atom is 0.227 e. The zero-order valence-corrected chi connectivity index (χ0v) is 17.2. The minimum absolute atomic E-state index is 0.0900. The first kappa shape index (κ1) is 20.4. The quantitative estimate of drug-likeness (QED) is 0.571. The van der Waals surface area contributed by atoms with Crippen LogP contribution in [0.1, 0.15) is 53.4 Å². The van der Waals surface area contributed by atoms with Gasteiger partial charge in [-0.15, -0.1) is 11.3 Å². The SMILES string of the molecule is CCCCC(CC)C(=O)Nc1cccc(-c2csc(N(CC)CC)n2)c1. The number of hydrogen-bond donors (Lipinski definition) is 1. The largest absolute Gasteiger partial charge is 0.349 e. The molecule has 4 nitrogen and oxygen atoms in total. The Morgan fingerprint density at radius 2 is 2.00 bits per heavy atom. The van der Waals surface area contributed by atoms with Crippen LogP contribution in [0.2, 0.25) is 0 Å². The van der Waals surface area contributed by atoms with Gasteiger partial charge in [0.05, 0.1) is 5.69 Å². The van der Waals surface area contributed by atoms with Crippen molar-refractivity contribution in [2.45, 2.75) is 53.4 Å². The first-order valence-electron chi connectivity index (χ1n) is 9.74. The number of carbonyl (C=O) groups excluding carboxylic acids is 1. The molecule has 0 aliphatic carbocycles. The van der Waals surface area contributed by atoms with E-state index >= 15 is 0 Å². The van der Waals surface area contributed by atoms with E-state index in [1.54, 1.807) is 11.3 Å². The van der Waals surface area contributed by atoms with Crippen molar-refractivity contribution in [3.8, 4) is 11.3 Å². The normalized spacial score (nSPS) is 12.0. The smallest absolute Gasteiger partial charge is 0.227 e. The fourth-order valence-electron chi connectivity index (χ4n) is 3.01. The van der Waals surface area contributed by atoms with Gasteiger partial charge in [0.2, 0.25) is 5.91 Å². The van der Waals surface area contributed by atoms with Crippen molar-refractivity contribution in [3.05, 3.63) is 29.6 Å². The second-order valence-electron chi connectivity index (χ2n) is 6.51. The lowest BCUT2D eigenvalue weighted by atomic mass is 9.98. The van der Waals surface area contributed by atoms with E-state index in [4.69, 9.17) is 4.98 Å². The minimum Gasteiger partial charge on any atom is -0.349 e. The van der Waals surface area contributed by atoms with Gasteiger partial charge in [-0.1, -0.05) is 38.8 Å². The third-order valence-electron chi connectivity index (χ3n) is 4.72. The molecule has 0 aliphatic rings. The zero-order valence-electron chi connectivity index (χ0n) is 16.4. The minimum atomic E-state index is 0.0900. The number of thiazole rings is 1. The Balaban J connectivity index is 2.11. The number of nitrogens with one attached hydrogen (secondary N) is 1. The van der Waals surface area contributed by atoms with E-state index in [2.05, 4.69) is 43.3 Å². The van der Waals surface area contributed by atoms with Gasteiger partial charge in [0, 0.05) is 35.6 Å². The average molecular weight is 374 g/mol. The molecule has 0 saturated heterocycles. The Morgan fingerprint density at radius 1 is 1.23 bits per heavy atom. The summed E-state index contributed by atoms with van der Waals surface area (Å²) in [7, 11) is 0. The molecule has 0 bridgehead atoms. The number of amides is 1. The molecule has 0 radical (unpaired) electrons. The molecule has 142 valence electrons. The maximum atomic E-state index is 12.5. The van der Waals surface area contributed by atoms with Gasteiger partial charge >= 0.3 is 0 Å². The number of aromatic nitrogens is 1. The van der Waals surface area contributed by atoms with E-state index in [0.29, 0.717) is 0 Å². The van der Waals surface area contributed by atoms with Crippen LogP contribution in [0.3, 0.4) is 0 Å². The predicted molar refractivity (Wildman–Crippen MR) is 113 cm³/mol. The molecule has 2 aromatic rings. The summed E-state index contributed by atoms with van der Waals surface area (Å²) in [5, 5.41) is 6.22. The Morgan fingerprint density at radius 3 is 2.65 bits per heavy atom. The molecule has 1 N–H and O–H groups in total. The Kier molecular flexibility index (Phi) is 8.10. The number of unbranched alkanes of at least 4 members (excludes halogenated alkanes) is 1. The third kappa shape index (κ3) is 5.31. The molecular weight excluding hydrogens is 342 g/mol. The van der Waals surface area contributed by atoms with Gasteiger partial charge in [0.15, 0.2) is 5.13 Å².